The molecule has 0 saturated heterocycles. The van der Waals surface area contributed by atoms with Crippen molar-refractivity contribution in [3.63, 3.8) is 0 Å². The third kappa shape index (κ3) is 4.85. The zero-order valence-electron chi connectivity index (χ0n) is 10.9. The van der Waals surface area contributed by atoms with Gasteiger partial charge >= 0.3 is 0 Å². The van der Waals surface area contributed by atoms with Crippen LogP contribution >= 0.6 is 0 Å². The molecular weight excluding hydrogens is 212 g/mol. The quantitative estimate of drug-likeness (QED) is 0.603. The molecule has 1 atom stereocenters. The molecule has 1 unspecified atom stereocenters. The summed E-state index contributed by atoms with van der Waals surface area (Å²) in [4.78, 5) is 8.55. The average Bonchev–Trinajstić information content (AvgIpc) is 2.36. The molecule has 4 nitrogen and oxygen atoms in total. The van der Waals surface area contributed by atoms with Crippen LogP contribution in [0.5, 0.6) is 0 Å². The van der Waals surface area contributed by atoms with E-state index < -0.39 is 0 Å². The molecule has 1 aromatic heterocycles. The van der Waals surface area contributed by atoms with E-state index in [2.05, 4.69) is 42.1 Å². The molecule has 1 heterocycles. The van der Waals surface area contributed by atoms with E-state index in [1.807, 2.05) is 12.3 Å². The van der Waals surface area contributed by atoms with Crippen LogP contribution in [-0.4, -0.2) is 17.0 Å². The second kappa shape index (κ2) is 6.89. The highest BCUT2D eigenvalue weighted by molar-refractivity contribution is 5.78. The van der Waals surface area contributed by atoms with Gasteiger partial charge in [-0.25, -0.2) is 4.99 Å². The zero-order valence-corrected chi connectivity index (χ0v) is 10.9. The lowest BCUT2D eigenvalue weighted by Gasteiger charge is -2.11. The van der Waals surface area contributed by atoms with Gasteiger partial charge in [0.05, 0.1) is 12.2 Å². The standard InChI is InChI=1S/C13H22N4/c1-4-10(3)17-13(14)16-9-12-8-11(5-2)6-7-15-12/h6-8,10H,4-5,9H2,1-3H3,(H3,14,16,17). The SMILES string of the molecule is CCc1ccnc(CN=C(N)NC(C)CC)c1. The largest absolute Gasteiger partial charge is 0.370 e. The number of aliphatic imine (C=N–C) groups is 1. The van der Waals surface area contributed by atoms with Gasteiger partial charge in [0, 0.05) is 12.2 Å². The maximum atomic E-state index is 5.78. The Balaban J connectivity index is 2.56. The zero-order chi connectivity index (χ0) is 12.7. The van der Waals surface area contributed by atoms with Gasteiger partial charge in [-0.3, -0.25) is 4.98 Å². The molecule has 0 aliphatic carbocycles. The molecule has 0 bridgehead atoms. The summed E-state index contributed by atoms with van der Waals surface area (Å²) in [5, 5.41) is 3.13. The maximum Gasteiger partial charge on any atom is 0.189 e. The van der Waals surface area contributed by atoms with Crippen molar-refractivity contribution in [3.8, 4) is 0 Å². The predicted molar refractivity (Wildman–Crippen MR) is 71.8 cm³/mol. The number of hydrogen-bond acceptors (Lipinski definition) is 2. The van der Waals surface area contributed by atoms with E-state index in [0.717, 1.165) is 18.5 Å². The van der Waals surface area contributed by atoms with Crippen molar-refractivity contribution in [3.05, 3.63) is 29.6 Å². The molecule has 17 heavy (non-hydrogen) atoms. The summed E-state index contributed by atoms with van der Waals surface area (Å²) < 4.78 is 0. The lowest BCUT2D eigenvalue weighted by molar-refractivity contribution is 0.636. The summed E-state index contributed by atoms with van der Waals surface area (Å²) in [7, 11) is 0. The van der Waals surface area contributed by atoms with Gasteiger partial charge in [-0.05, 0) is 37.5 Å². The topological polar surface area (TPSA) is 63.3 Å². The van der Waals surface area contributed by atoms with Gasteiger partial charge in [0.2, 0.25) is 0 Å². The van der Waals surface area contributed by atoms with Crippen molar-refractivity contribution in [1.82, 2.24) is 10.3 Å². The van der Waals surface area contributed by atoms with Crippen LogP contribution in [0.1, 0.15) is 38.4 Å². The van der Waals surface area contributed by atoms with Gasteiger partial charge in [0.1, 0.15) is 0 Å². The minimum absolute atomic E-state index is 0.355. The molecule has 3 N–H and O–H groups in total. The highest BCUT2D eigenvalue weighted by atomic mass is 15.1. The summed E-state index contributed by atoms with van der Waals surface area (Å²) in [5.74, 6) is 0.489. The first-order valence-corrected chi connectivity index (χ1v) is 6.16. The molecule has 0 amide bonds. The van der Waals surface area contributed by atoms with Crippen LogP contribution in [0.2, 0.25) is 0 Å². The number of aryl methyl sites for hydroxylation is 1. The fraction of sp³-hybridized carbons (Fsp3) is 0.538. The molecule has 0 aliphatic heterocycles. The maximum absolute atomic E-state index is 5.78. The molecule has 0 radical (unpaired) electrons. The van der Waals surface area contributed by atoms with Gasteiger partial charge < -0.3 is 11.1 Å². The molecular formula is C13H22N4. The van der Waals surface area contributed by atoms with E-state index >= 15 is 0 Å². The van der Waals surface area contributed by atoms with E-state index in [0.29, 0.717) is 18.5 Å². The molecule has 0 aromatic carbocycles. The van der Waals surface area contributed by atoms with Crippen LogP contribution in [0, 0.1) is 0 Å². The predicted octanol–water partition coefficient (Wildman–Crippen LogP) is 1.85. The van der Waals surface area contributed by atoms with Crippen LogP contribution in [-0.2, 0) is 13.0 Å². The summed E-state index contributed by atoms with van der Waals surface area (Å²) in [6, 6.07) is 4.45. The van der Waals surface area contributed by atoms with Crippen LogP contribution in [0.15, 0.2) is 23.3 Å². The Hall–Kier alpha value is -1.58. The Morgan fingerprint density at radius 1 is 1.53 bits per heavy atom. The van der Waals surface area contributed by atoms with Gasteiger partial charge in [-0.2, -0.15) is 0 Å². The molecule has 1 aromatic rings. The number of rotatable bonds is 5. The van der Waals surface area contributed by atoms with E-state index in [9.17, 15) is 0 Å². The molecule has 1 rings (SSSR count). The number of pyridine rings is 1. The molecule has 0 spiro atoms. The number of hydrogen-bond donors (Lipinski definition) is 2. The summed E-state index contributed by atoms with van der Waals surface area (Å²) in [5.41, 5.74) is 8.01. The minimum Gasteiger partial charge on any atom is -0.370 e. The Morgan fingerprint density at radius 2 is 2.29 bits per heavy atom. The third-order valence-corrected chi connectivity index (χ3v) is 2.71. The van der Waals surface area contributed by atoms with E-state index in [4.69, 9.17) is 5.73 Å². The van der Waals surface area contributed by atoms with Crippen LogP contribution in [0.4, 0.5) is 0 Å². The number of nitrogens with zero attached hydrogens (tertiary/aromatic N) is 2. The molecule has 0 aliphatic rings. The van der Waals surface area contributed by atoms with Crippen molar-refractivity contribution in [2.45, 2.75) is 46.2 Å². The molecule has 0 saturated carbocycles. The summed E-state index contributed by atoms with van der Waals surface area (Å²) in [6.07, 6.45) is 3.86. The van der Waals surface area contributed by atoms with Crippen molar-refractivity contribution < 1.29 is 0 Å². The van der Waals surface area contributed by atoms with E-state index in [-0.39, 0.29) is 0 Å². The fourth-order valence-corrected chi connectivity index (χ4v) is 1.40. The molecule has 0 fully saturated rings. The third-order valence-electron chi connectivity index (χ3n) is 2.71. The van der Waals surface area contributed by atoms with Crippen molar-refractivity contribution in [2.24, 2.45) is 10.7 Å². The summed E-state index contributed by atoms with van der Waals surface area (Å²) >= 11 is 0. The van der Waals surface area contributed by atoms with E-state index in [1.165, 1.54) is 5.56 Å². The first-order chi connectivity index (χ1) is 8.15. The summed E-state index contributed by atoms with van der Waals surface area (Å²) in [6.45, 7) is 6.85. The highest BCUT2D eigenvalue weighted by Gasteiger charge is 1.99. The van der Waals surface area contributed by atoms with Crippen LogP contribution < -0.4 is 11.1 Å². The van der Waals surface area contributed by atoms with Gasteiger partial charge in [-0.1, -0.05) is 13.8 Å². The average molecular weight is 234 g/mol. The van der Waals surface area contributed by atoms with Crippen LogP contribution in [0.3, 0.4) is 0 Å². The second-order valence-corrected chi connectivity index (χ2v) is 4.16. The van der Waals surface area contributed by atoms with Gasteiger partial charge in [-0.15, -0.1) is 0 Å². The Kier molecular flexibility index (Phi) is 5.46. The monoisotopic (exact) mass is 234 g/mol. The molecule has 94 valence electrons. The first-order valence-electron chi connectivity index (χ1n) is 6.16. The van der Waals surface area contributed by atoms with Gasteiger partial charge in [0.15, 0.2) is 5.96 Å². The number of aromatic nitrogens is 1. The van der Waals surface area contributed by atoms with Crippen molar-refractivity contribution in [1.29, 1.82) is 0 Å². The Bertz CT molecular complexity index is 373. The minimum atomic E-state index is 0.355. The first kappa shape index (κ1) is 13.5. The number of nitrogens with one attached hydrogen (secondary N) is 1. The van der Waals surface area contributed by atoms with Gasteiger partial charge in [0.25, 0.3) is 0 Å². The van der Waals surface area contributed by atoms with Crippen molar-refractivity contribution >= 4 is 5.96 Å². The lowest BCUT2D eigenvalue weighted by atomic mass is 10.2. The Morgan fingerprint density at radius 3 is 2.94 bits per heavy atom. The van der Waals surface area contributed by atoms with Crippen molar-refractivity contribution in [2.75, 3.05) is 0 Å². The lowest BCUT2D eigenvalue weighted by Crippen LogP contribution is -2.38. The smallest absolute Gasteiger partial charge is 0.189 e. The van der Waals surface area contributed by atoms with E-state index in [1.54, 1.807) is 0 Å². The highest BCUT2D eigenvalue weighted by Crippen LogP contribution is 2.03. The second-order valence-electron chi connectivity index (χ2n) is 4.16. The number of guanidine groups is 1. The normalized spacial score (nSPS) is 13.5. The number of nitrogens with two attached hydrogens (primary N) is 1. The van der Waals surface area contributed by atoms with Crippen LogP contribution in [0.25, 0.3) is 0 Å². The Labute approximate surface area is 103 Å². The molecule has 4 heteroatoms. The fourth-order valence-electron chi connectivity index (χ4n) is 1.40.